The summed E-state index contributed by atoms with van der Waals surface area (Å²) in [5.74, 6) is 2.88. The van der Waals surface area contributed by atoms with Gasteiger partial charge in [-0.2, -0.15) is 7.11 Å². The van der Waals surface area contributed by atoms with Crippen molar-refractivity contribution in [2.75, 3.05) is 26.9 Å². The number of aldehydes is 1. The van der Waals surface area contributed by atoms with E-state index in [-0.39, 0.29) is 63.5 Å². The topological polar surface area (TPSA) is 67.8 Å². The number of halogens is 2. The number of carbonyl (C=O) groups is 1. The molecule has 0 aliphatic carbocycles. The number of benzene rings is 11. The number of carbonyl (C=O) groups excluding carboxylic acids is 1. The second-order valence-corrected chi connectivity index (χ2v) is 41.6. The summed E-state index contributed by atoms with van der Waals surface area (Å²) in [6.07, 6.45) is 61.5. The smallest absolute Gasteiger partial charge is 1.00 e. The normalized spacial score (nSPS) is 10.9. The number of rotatable bonds is 62. The van der Waals surface area contributed by atoms with Gasteiger partial charge in [-0.1, -0.05) is 401 Å². The molecule has 0 aliphatic rings. The molecule has 0 unspecified atom stereocenters. The van der Waals surface area contributed by atoms with Gasteiger partial charge in [0.1, 0.15) is 69.9 Å². The molecule has 0 amide bonds. The number of hydrogen-bond donors (Lipinski definition) is 0. The molecule has 0 aliphatic heterocycles. The van der Waals surface area contributed by atoms with Gasteiger partial charge in [-0.25, -0.2) is 0 Å². The van der Waals surface area contributed by atoms with Crippen LogP contribution in [0.15, 0.2) is 303 Å². The summed E-state index contributed by atoms with van der Waals surface area (Å²) in [7, 11) is -3.19. The van der Waals surface area contributed by atoms with Gasteiger partial charge in [-0.05, 0) is 212 Å². The second-order valence-electron chi connectivity index (χ2n) is 34.7. The molecule has 0 saturated heterocycles. The molecule has 11 rings (SSSR count). The Labute approximate surface area is 828 Å². The molecule has 0 N–H and O–H groups in total. The van der Waals surface area contributed by atoms with Crippen molar-refractivity contribution in [3.63, 3.8) is 0 Å². The van der Waals surface area contributed by atoms with Gasteiger partial charge in [0.2, 0.25) is 0 Å². The molecular weight excluding hydrogens is 1750 g/mol. The third-order valence-electron chi connectivity index (χ3n) is 24.8. The minimum absolute atomic E-state index is 0. The molecule has 0 aromatic heterocycles. The number of hydrogen-bond acceptors (Lipinski definition) is 5. The van der Waals surface area contributed by atoms with Gasteiger partial charge in [-0.3, -0.25) is 4.79 Å². The fourth-order valence-corrected chi connectivity index (χ4v) is 25.8. The van der Waals surface area contributed by atoms with Crippen LogP contribution in [0.25, 0.3) is 0 Å². The van der Waals surface area contributed by atoms with Gasteiger partial charge < -0.3 is 53.3 Å². The first-order valence-corrected chi connectivity index (χ1v) is 53.4. The number of ether oxygens (including phenoxy) is 3. The van der Waals surface area contributed by atoms with Crippen LogP contribution in [-0.2, 0) is 38.0 Å². The van der Waals surface area contributed by atoms with E-state index in [0.717, 1.165) is 108 Å². The van der Waals surface area contributed by atoms with Crippen molar-refractivity contribution in [1.29, 1.82) is 0 Å². The molecule has 0 atom stereocenters. The Kier molecular flexibility index (Phi) is 63.4. The van der Waals surface area contributed by atoms with Crippen molar-refractivity contribution in [3.8, 4) is 17.2 Å². The molecule has 11 aromatic rings. The zero-order valence-electron chi connectivity index (χ0n) is 79.9. The molecule has 0 radical (unpaired) electrons. The van der Waals surface area contributed by atoms with E-state index in [1.807, 2.05) is 12.1 Å². The van der Waals surface area contributed by atoms with Crippen LogP contribution in [-0.4, -0.2) is 33.2 Å². The molecule has 129 heavy (non-hydrogen) atoms. The van der Waals surface area contributed by atoms with Crippen LogP contribution in [0, 0.1) is 6.42 Å². The van der Waals surface area contributed by atoms with E-state index in [1.165, 1.54) is 290 Å². The van der Waals surface area contributed by atoms with Crippen molar-refractivity contribution in [3.05, 3.63) is 349 Å². The zero-order valence-corrected chi connectivity index (χ0v) is 86.9. The van der Waals surface area contributed by atoms with E-state index >= 15 is 0 Å². The minimum atomic E-state index is -1.97. The molecule has 11 aromatic carbocycles. The first kappa shape index (κ1) is 113. The average molecular weight is 1910 g/mol. The zero-order chi connectivity index (χ0) is 88.4. The van der Waals surface area contributed by atoms with Crippen molar-refractivity contribution >= 4 is 52.6 Å². The summed E-state index contributed by atoms with van der Waals surface area (Å²) in [6, 6.07) is 111. The summed E-state index contributed by atoms with van der Waals surface area (Å²) in [5.41, 5.74) is 9.02. The van der Waals surface area contributed by atoms with E-state index in [2.05, 4.69) is 306 Å². The molecule has 0 bridgehead atoms. The van der Waals surface area contributed by atoms with Gasteiger partial charge in [0.25, 0.3) is 0 Å². The van der Waals surface area contributed by atoms with Gasteiger partial charge in [0.05, 0.1) is 51.9 Å². The molecular formula is C119H158Br2NaO5P2+. The second kappa shape index (κ2) is 72.6. The van der Waals surface area contributed by atoms with Crippen molar-refractivity contribution in [2.24, 2.45) is 0 Å². The monoisotopic (exact) mass is 1910 g/mol. The van der Waals surface area contributed by atoms with E-state index < -0.39 is 14.5 Å². The predicted octanol–water partition coefficient (Wildman–Crippen LogP) is 21.6. The molecule has 688 valence electrons. The average Bonchev–Trinajstić information content (AvgIpc) is 0.750. The number of aryl methyl sites for hydroxylation is 4. The van der Waals surface area contributed by atoms with E-state index in [1.54, 1.807) is 12.1 Å². The molecule has 0 spiro atoms. The Morgan fingerprint density at radius 3 is 0.643 bits per heavy atom. The van der Waals surface area contributed by atoms with Gasteiger partial charge in [-0.15, -0.1) is 0 Å². The van der Waals surface area contributed by atoms with Crippen molar-refractivity contribution in [2.45, 2.75) is 303 Å². The van der Waals surface area contributed by atoms with Gasteiger partial charge in [0, 0.05) is 5.56 Å². The van der Waals surface area contributed by atoms with E-state index in [0.29, 0.717) is 5.56 Å². The summed E-state index contributed by atoms with van der Waals surface area (Å²) in [5, 5.41) is 16.7. The first-order valence-electron chi connectivity index (χ1n) is 49.5. The van der Waals surface area contributed by atoms with Crippen molar-refractivity contribution in [1.82, 2.24) is 0 Å². The quantitative estimate of drug-likeness (QED) is 0.0125. The molecule has 0 heterocycles. The van der Waals surface area contributed by atoms with Gasteiger partial charge >= 0.3 is 29.6 Å². The molecule has 0 fully saturated rings. The maximum atomic E-state index is 10.6. The van der Waals surface area contributed by atoms with Crippen molar-refractivity contribution < 1.29 is 87.6 Å². The Bertz CT molecular complexity index is 3980. The van der Waals surface area contributed by atoms with E-state index in [9.17, 15) is 4.79 Å². The molecule has 10 heteroatoms. The SMILES string of the molecule is CCCCCCCCCCCCCCCOc1ccc(CCc2ccc(CCc3ccc(OCCCCCCCCCCCCCCC)cc3)cc2)cc1.C[CH+]CCCCCCCCCCCCCOc1ccc(C=O)cc1.C[O-].[Br-].[Br-].[Na+].c1ccc([P+](Cc2ccc(C[P+](c3ccccc3)(c3ccccc3)c3ccccc3)cc2)(c2ccccc2)c2ccccc2)cc1. The van der Waals surface area contributed by atoms with Crippen LogP contribution < -0.4 is 115 Å². The fourth-order valence-electron chi connectivity index (χ4n) is 17.3. The summed E-state index contributed by atoms with van der Waals surface area (Å²) >= 11 is 0. The van der Waals surface area contributed by atoms with Crippen LogP contribution in [0.2, 0.25) is 0 Å². The Morgan fingerprint density at radius 2 is 0.434 bits per heavy atom. The largest absolute Gasteiger partial charge is 1.00 e. The third-order valence-corrected chi connectivity index (χ3v) is 33.5. The summed E-state index contributed by atoms with van der Waals surface area (Å²) in [4.78, 5) is 10.6. The van der Waals surface area contributed by atoms with Crippen LogP contribution in [0.4, 0.5) is 0 Å². The molecule has 0 saturated carbocycles. The standard InChI is InChI=1S/C52H82O2.C44H38P2.C22H35O2.CH3O.2BrH.Na/c1-3-5-7-9-11-13-15-17-19-21-23-25-27-45-53-51-41-37-49(38-42-51)35-33-47-29-31-48(32-30-47)34-36-50-39-43-52(44-40-50)54-46-28-26-24-22-20-18-16-14-12-10-8-6-4-2;1-7-19-39(20-8-1)45(40-21-9-2-10-22-40,41-23-11-3-12-24-41)35-37-31-33-38(34-32-37)36-46(42-25-13-4-14-26-42,43-27-15-5-16-28-43)44-29-17-6-18-30-44;1-2-3-4-5-6-7-8-9-10-11-12-13-14-19-24-22-17-15-21(20-23)16-18-22;1-2;;;/h29-32,37-44H,3-28,33-36,45-46H2,1-2H3;1-34H,35-36H2;2,15-18,20H,3-14,19H2,1H3;1H3;2*1H;/q;+2;+1;-1;;;+1/p-2. The summed E-state index contributed by atoms with van der Waals surface area (Å²) in [6.45, 7) is 9.19. The van der Waals surface area contributed by atoms with Crippen LogP contribution >= 0.6 is 14.5 Å². The first-order chi connectivity index (χ1) is 62.4. The van der Waals surface area contributed by atoms with Crippen LogP contribution in [0.3, 0.4) is 0 Å². The maximum absolute atomic E-state index is 10.6. The Hall–Kier alpha value is -6.86. The third kappa shape index (κ3) is 44.2. The number of unbranched alkanes of at least 4 members (excludes halogenated alkanes) is 36. The fraction of sp³-hybridized carbons (Fsp3) is 0.429. The van der Waals surface area contributed by atoms with Crippen LogP contribution in [0.1, 0.15) is 309 Å². The summed E-state index contributed by atoms with van der Waals surface area (Å²) < 4.78 is 17.8. The van der Waals surface area contributed by atoms with Crippen LogP contribution in [0.5, 0.6) is 17.2 Å². The Morgan fingerprint density at radius 1 is 0.248 bits per heavy atom. The maximum Gasteiger partial charge on any atom is 1.00 e. The van der Waals surface area contributed by atoms with Gasteiger partial charge in [0.15, 0.2) is 0 Å². The van der Waals surface area contributed by atoms with E-state index in [4.69, 9.17) is 19.3 Å². The molecule has 5 nitrogen and oxygen atoms in total. The Balaban J connectivity index is 0.000000357. The predicted molar refractivity (Wildman–Crippen MR) is 549 cm³/mol. The minimum Gasteiger partial charge on any atom is -1.00 e.